The summed E-state index contributed by atoms with van der Waals surface area (Å²) in [5.41, 5.74) is -0.217. The van der Waals surface area contributed by atoms with Crippen LogP contribution >= 0.6 is 11.6 Å². The van der Waals surface area contributed by atoms with Crippen LogP contribution in [-0.2, 0) is 6.42 Å². The Bertz CT molecular complexity index is 635. The van der Waals surface area contributed by atoms with Crippen LogP contribution in [0.3, 0.4) is 0 Å². The van der Waals surface area contributed by atoms with Crippen molar-refractivity contribution in [1.82, 2.24) is 9.55 Å². The average Bonchev–Trinajstić information content (AvgIpc) is 2.65. The number of rotatable bonds is 3. The lowest BCUT2D eigenvalue weighted by molar-refractivity contribution is -0.128. The minimum absolute atomic E-state index is 0.196. The van der Waals surface area contributed by atoms with Gasteiger partial charge in [0.25, 0.3) is 0 Å². The number of halogens is 4. The van der Waals surface area contributed by atoms with Crippen molar-refractivity contribution in [2.24, 2.45) is 0 Å². The normalized spacial score (nSPS) is 11.6. The highest BCUT2D eigenvalue weighted by molar-refractivity contribution is 6.30. The fraction of sp³-hybridized carbons (Fsp3) is 0.167. The molecule has 1 heterocycles. The zero-order valence-corrected chi connectivity index (χ0v) is 10.6. The SMILES string of the molecule is O=Cc1nc(CC(F)(F)F)n(-c2ccc(Cl)cc2)c1O. The molecule has 0 aliphatic carbocycles. The summed E-state index contributed by atoms with van der Waals surface area (Å²) in [6.07, 6.45) is -5.68. The number of imidazole rings is 1. The van der Waals surface area contributed by atoms with Gasteiger partial charge in [-0.1, -0.05) is 11.6 Å². The first kappa shape index (κ1) is 14.4. The van der Waals surface area contributed by atoms with Gasteiger partial charge in [-0.2, -0.15) is 13.2 Å². The monoisotopic (exact) mass is 304 g/mol. The Labute approximate surface area is 116 Å². The summed E-state index contributed by atoms with van der Waals surface area (Å²) in [4.78, 5) is 14.2. The molecule has 106 valence electrons. The molecule has 0 aliphatic heterocycles. The van der Waals surface area contributed by atoms with Crippen LogP contribution in [0.15, 0.2) is 24.3 Å². The van der Waals surface area contributed by atoms with Gasteiger partial charge in [0.15, 0.2) is 12.0 Å². The van der Waals surface area contributed by atoms with E-state index in [2.05, 4.69) is 4.98 Å². The number of aromatic hydroxyl groups is 1. The number of carbonyl (C=O) groups is 1. The molecule has 0 amide bonds. The van der Waals surface area contributed by atoms with Gasteiger partial charge in [0, 0.05) is 5.02 Å². The summed E-state index contributed by atoms with van der Waals surface area (Å²) in [6.45, 7) is 0. The van der Waals surface area contributed by atoms with Crippen LogP contribution < -0.4 is 0 Å². The lowest BCUT2D eigenvalue weighted by atomic mass is 10.3. The van der Waals surface area contributed by atoms with Crippen LogP contribution in [0.1, 0.15) is 16.3 Å². The Kier molecular flexibility index (Phi) is 3.71. The summed E-state index contributed by atoms with van der Waals surface area (Å²) < 4.78 is 38.4. The molecule has 1 N–H and O–H groups in total. The van der Waals surface area contributed by atoms with Crippen molar-refractivity contribution in [3.63, 3.8) is 0 Å². The van der Waals surface area contributed by atoms with E-state index in [0.29, 0.717) is 5.02 Å². The summed E-state index contributed by atoms with van der Waals surface area (Å²) in [5.74, 6) is -1.11. The van der Waals surface area contributed by atoms with E-state index in [9.17, 15) is 23.1 Å². The van der Waals surface area contributed by atoms with Gasteiger partial charge in [0.2, 0.25) is 5.88 Å². The first-order valence-electron chi connectivity index (χ1n) is 5.40. The first-order valence-corrected chi connectivity index (χ1v) is 5.78. The molecule has 1 aromatic heterocycles. The van der Waals surface area contributed by atoms with Crippen molar-refractivity contribution in [2.75, 3.05) is 0 Å². The second-order valence-corrected chi connectivity index (χ2v) is 4.39. The molecule has 0 bridgehead atoms. The number of hydrogen-bond donors (Lipinski definition) is 1. The minimum Gasteiger partial charge on any atom is -0.493 e. The largest absolute Gasteiger partial charge is 0.493 e. The van der Waals surface area contributed by atoms with Gasteiger partial charge >= 0.3 is 6.18 Å². The lowest BCUT2D eigenvalue weighted by Crippen LogP contribution is -2.15. The van der Waals surface area contributed by atoms with Crippen LogP contribution in [0.4, 0.5) is 13.2 Å². The molecule has 8 heteroatoms. The van der Waals surface area contributed by atoms with E-state index in [4.69, 9.17) is 11.6 Å². The third-order valence-corrected chi connectivity index (χ3v) is 2.76. The molecule has 0 atom stereocenters. The maximum absolute atomic E-state index is 12.5. The molecule has 1 aromatic carbocycles. The van der Waals surface area contributed by atoms with Crippen LogP contribution in [0.25, 0.3) is 5.69 Å². The van der Waals surface area contributed by atoms with Crippen molar-refractivity contribution in [3.8, 4) is 11.6 Å². The molecule has 0 saturated heterocycles. The van der Waals surface area contributed by atoms with Gasteiger partial charge in [-0.05, 0) is 24.3 Å². The highest BCUT2D eigenvalue weighted by Crippen LogP contribution is 2.29. The van der Waals surface area contributed by atoms with Crippen LogP contribution in [0.2, 0.25) is 5.02 Å². The standard InChI is InChI=1S/C12H8ClF3N2O2/c13-7-1-3-8(4-2-7)18-10(5-12(14,15)16)17-9(6-19)11(18)20/h1-4,6,20H,5H2. The lowest BCUT2D eigenvalue weighted by Gasteiger charge is -2.10. The van der Waals surface area contributed by atoms with Gasteiger partial charge in [0.05, 0.1) is 5.69 Å². The van der Waals surface area contributed by atoms with E-state index in [1.165, 1.54) is 24.3 Å². The van der Waals surface area contributed by atoms with E-state index in [-0.39, 0.29) is 12.0 Å². The van der Waals surface area contributed by atoms with E-state index in [1.807, 2.05) is 0 Å². The fourth-order valence-electron chi connectivity index (χ4n) is 1.71. The Hall–Kier alpha value is -2.02. The predicted molar refractivity (Wildman–Crippen MR) is 65.4 cm³/mol. The number of benzene rings is 1. The van der Waals surface area contributed by atoms with E-state index < -0.39 is 30.0 Å². The Balaban J connectivity index is 2.57. The molecule has 0 unspecified atom stereocenters. The molecule has 2 rings (SSSR count). The summed E-state index contributed by atoms with van der Waals surface area (Å²) in [6, 6.07) is 5.74. The van der Waals surface area contributed by atoms with Crippen LogP contribution in [-0.4, -0.2) is 27.1 Å². The zero-order chi connectivity index (χ0) is 14.9. The van der Waals surface area contributed by atoms with Crippen molar-refractivity contribution < 1.29 is 23.1 Å². The number of nitrogens with zero attached hydrogens (tertiary/aromatic N) is 2. The van der Waals surface area contributed by atoms with E-state index in [0.717, 1.165) is 4.57 Å². The molecule has 0 spiro atoms. The topological polar surface area (TPSA) is 55.1 Å². The van der Waals surface area contributed by atoms with E-state index in [1.54, 1.807) is 0 Å². The number of aldehydes is 1. The number of hydrogen-bond acceptors (Lipinski definition) is 3. The second-order valence-electron chi connectivity index (χ2n) is 3.96. The Morgan fingerprint density at radius 1 is 1.30 bits per heavy atom. The molecular formula is C12H8ClF3N2O2. The van der Waals surface area contributed by atoms with Gasteiger partial charge in [0.1, 0.15) is 12.2 Å². The summed E-state index contributed by atoms with van der Waals surface area (Å²) in [7, 11) is 0. The quantitative estimate of drug-likeness (QED) is 0.886. The molecule has 0 aliphatic rings. The van der Waals surface area contributed by atoms with Gasteiger partial charge in [-0.3, -0.25) is 9.36 Å². The van der Waals surface area contributed by atoms with Crippen molar-refractivity contribution in [2.45, 2.75) is 12.6 Å². The first-order chi connectivity index (χ1) is 9.31. The Morgan fingerprint density at radius 2 is 1.90 bits per heavy atom. The highest BCUT2D eigenvalue weighted by Gasteiger charge is 2.32. The predicted octanol–water partition coefficient (Wildman–Crippen LogP) is 3.15. The third kappa shape index (κ3) is 2.93. The number of alkyl halides is 3. The smallest absolute Gasteiger partial charge is 0.396 e. The Morgan fingerprint density at radius 3 is 2.40 bits per heavy atom. The third-order valence-electron chi connectivity index (χ3n) is 2.50. The molecule has 0 radical (unpaired) electrons. The maximum atomic E-state index is 12.5. The van der Waals surface area contributed by atoms with Gasteiger partial charge in [-0.25, -0.2) is 4.98 Å². The van der Waals surface area contributed by atoms with E-state index >= 15 is 0 Å². The van der Waals surface area contributed by atoms with Crippen molar-refractivity contribution in [3.05, 3.63) is 40.8 Å². The van der Waals surface area contributed by atoms with Crippen molar-refractivity contribution in [1.29, 1.82) is 0 Å². The maximum Gasteiger partial charge on any atom is 0.396 e. The summed E-state index contributed by atoms with van der Waals surface area (Å²) >= 11 is 5.69. The summed E-state index contributed by atoms with van der Waals surface area (Å²) in [5, 5.41) is 10.2. The minimum atomic E-state index is -4.51. The average molecular weight is 305 g/mol. The number of aromatic nitrogens is 2. The molecule has 0 fully saturated rings. The molecule has 20 heavy (non-hydrogen) atoms. The van der Waals surface area contributed by atoms with Crippen molar-refractivity contribution >= 4 is 17.9 Å². The zero-order valence-electron chi connectivity index (χ0n) is 9.86. The van der Waals surface area contributed by atoms with Gasteiger partial charge < -0.3 is 5.11 Å². The number of carbonyl (C=O) groups excluding carboxylic acids is 1. The molecular weight excluding hydrogens is 297 g/mol. The van der Waals surface area contributed by atoms with Crippen LogP contribution in [0, 0.1) is 0 Å². The highest BCUT2D eigenvalue weighted by atomic mass is 35.5. The van der Waals surface area contributed by atoms with Gasteiger partial charge in [-0.15, -0.1) is 0 Å². The molecule has 0 saturated carbocycles. The molecule has 2 aromatic rings. The van der Waals surface area contributed by atoms with Crippen LogP contribution in [0.5, 0.6) is 5.88 Å². The fourth-order valence-corrected chi connectivity index (χ4v) is 1.84. The second kappa shape index (κ2) is 5.16. The molecule has 4 nitrogen and oxygen atoms in total.